The summed E-state index contributed by atoms with van der Waals surface area (Å²) in [6.07, 6.45) is -0.684. The normalized spacial score (nSPS) is 23.6. The summed E-state index contributed by atoms with van der Waals surface area (Å²) in [6, 6.07) is 15.0. The van der Waals surface area contributed by atoms with Crippen LogP contribution in [0.1, 0.15) is 44.7 Å². The first kappa shape index (κ1) is 32.1. The van der Waals surface area contributed by atoms with E-state index in [0.717, 1.165) is 22.6 Å². The Morgan fingerprint density at radius 1 is 0.952 bits per heavy atom. The maximum Gasteiger partial charge on any atom is 0.416 e. The molecule has 230 valence electrons. The highest BCUT2D eigenvalue weighted by Gasteiger charge is 2.51. The summed E-state index contributed by atoms with van der Waals surface area (Å²) in [5, 5.41) is 10.1. The fourth-order valence-electron chi connectivity index (χ4n) is 4.71. The Kier molecular flexibility index (Phi) is 11.1. The van der Waals surface area contributed by atoms with Crippen LogP contribution in [-0.2, 0) is 32.2 Å². The number of ether oxygens (including phenoxy) is 6. The molecule has 2 heterocycles. The van der Waals surface area contributed by atoms with E-state index in [1.807, 2.05) is 69.3 Å². The smallest absolute Gasteiger partial charge is 0.416 e. The second kappa shape index (κ2) is 14.6. The Morgan fingerprint density at radius 2 is 1.50 bits per heavy atom. The SMILES string of the molecule is COc1ccc(CO[C@@H]2[C@H]3N=C(N(C)C(=O)OC(C)(C)C)S[C@H]3O[C@H](CCCO)[C@H]2OCc2ccc(OC)cc2)cc1. The monoisotopic (exact) mass is 602 g/mol. The van der Waals surface area contributed by atoms with Gasteiger partial charge in [-0.2, -0.15) is 0 Å². The molecule has 0 aliphatic carbocycles. The van der Waals surface area contributed by atoms with Crippen molar-refractivity contribution in [2.75, 3.05) is 27.9 Å². The first-order chi connectivity index (χ1) is 20.1. The van der Waals surface area contributed by atoms with Gasteiger partial charge in [-0.05, 0) is 69.0 Å². The van der Waals surface area contributed by atoms with Crippen molar-refractivity contribution in [3.8, 4) is 11.5 Å². The van der Waals surface area contributed by atoms with Gasteiger partial charge >= 0.3 is 6.09 Å². The minimum absolute atomic E-state index is 0.0345. The Bertz CT molecular complexity index is 1180. The number of thioether (sulfide) groups is 1. The van der Waals surface area contributed by atoms with Crippen LogP contribution < -0.4 is 9.47 Å². The number of aliphatic hydroxyl groups excluding tert-OH is 1. The molecule has 2 aromatic rings. The van der Waals surface area contributed by atoms with Crippen molar-refractivity contribution in [3.63, 3.8) is 0 Å². The van der Waals surface area contributed by atoms with Gasteiger partial charge in [-0.1, -0.05) is 36.0 Å². The molecule has 2 aromatic carbocycles. The zero-order chi connectivity index (χ0) is 30.3. The van der Waals surface area contributed by atoms with Gasteiger partial charge in [0.2, 0.25) is 0 Å². The number of hydrogen-bond acceptors (Lipinski definition) is 10. The number of benzene rings is 2. The first-order valence-electron chi connectivity index (χ1n) is 14.1. The molecule has 0 unspecified atom stereocenters. The zero-order valence-corrected chi connectivity index (χ0v) is 26.0. The Morgan fingerprint density at radius 3 is 2.00 bits per heavy atom. The van der Waals surface area contributed by atoms with Crippen molar-refractivity contribution in [2.45, 2.75) is 82.2 Å². The molecule has 0 saturated carbocycles. The van der Waals surface area contributed by atoms with Crippen molar-refractivity contribution in [1.29, 1.82) is 0 Å². The number of fused-ring (bicyclic) bond motifs is 1. The molecule has 2 aliphatic rings. The summed E-state index contributed by atoms with van der Waals surface area (Å²) in [5.74, 6) is 1.53. The standard InChI is InChI=1S/C31H42N2O8S/c1-31(2,3)41-30(35)33(4)29-32-25-27(39-19-21-11-15-23(37-6)16-12-21)26(24(8-7-17-34)40-28(25)42-29)38-18-20-9-13-22(36-5)14-10-20/h9-16,24-28,34H,7-8,17-19H2,1-6H3/t24-,25-,26-,27-,28-/m1/s1. The third-order valence-corrected chi connectivity index (χ3v) is 8.11. The van der Waals surface area contributed by atoms with Gasteiger partial charge in [-0.3, -0.25) is 9.89 Å². The van der Waals surface area contributed by atoms with Crippen molar-refractivity contribution >= 4 is 23.0 Å². The molecule has 0 radical (unpaired) electrons. The van der Waals surface area contributed by atoms with Gasteiger partial charge < -0.3 is 33.5 Å². The van der Waals surface area contributed by atoms with E-state index >= 15 is 0 Å². The van der Waals surface area contributed by atoms with Crippen molar-refractivity contribution in [3.05, 3.63) is 59.7 Å². The second-order valence-corrected chi connectivity index (χ2v) is 12.3. The van der Waals surface area contributed by atoms with Gasteiger partial charge in [0.15, 0.2) is 5.17 Å². The lowest BCUT2D eigenvalue weighted by atomic mass is 9.94. The predicted molar refractivity (Wildman–Crippen MR) is 161 cm³/mol. The van der Waals surface area contributed by atoms with Crippen LogP contribution in [0.5, 0.6) is 11.5 Å². The van der Waals surface area contributed by atoms with Crippen LogP contribution in [0, 0.1) is 0 Å². The highest BCUT2D eigenvalue weighted by atomic mass is 32.2. The Balaban J connectivity index is 1.60. The molecule has 4 rings (SSSR count). The Labute approximate surface area is 252 Å². The average Bonchev–Trinajstić information content (AvgIpc) is 3.41. The summed E-state index contributed by atoms with van der Waals surface area (Å²) in [5.41, 5.74) is 0.913. The zero-order valence-electron chi connectivity index (χ0n) is 25.1. The largest absolute Gasteiger partial charge is 0.497 e. The topological polar surface area (TPSA) is 108 Å². The minimum Gasteiger partial charge on any atom is -0.497 e. The fourth-order valence-corrected chi connectivity index (χ4v) is 5.88. The molecule has 11 heteroatoms. The third kappa shape index (κ3) is 8.38. The van der Waals surface area contributed by atoms with Crippen molar-refractivity contribution in [1.82, 2.24) is 4.90 Å². The number of methoxy groups -OCH3 is 2. The van der Waals surface area contributed by atoms with Crippen LogP contribution in [-0.4, -0.2) is 84.5 Å². The van der Waals surface area contributed by atoms with Crippen LogP contribution in [0.4, 0.5) is 4.79 Å². The highest BCUT2D eigenvalue weighted by molar-refractivity contribution is 8.14. The van der Waals surface area contributed by atoms with E-state index in [1.165, 1.54) is 16.7 Å². The van der Waals surface area contributed by atoms with Crippen LogP contribution in [0.2, 0.25) is 0 Å². The number of aliphatic imine (C=N–C) groups is 1. The lowest BCUT2D eigenvalue weighted by Crippen LogP contribution is -2.56. The van der Waals surface area contributed by atoms with Gasteiger partial charge in [0.05, 0.1) is 33.5 Å². The molecule has 1 N–H and O–H groups in total. The molecule has 1 amide bonds. The number of nitrogens with zero attached hydrogens (tertiary/aromatic N) is 2. The second-order valence-electron chi connectivity index (χ2n) is 11.2. The van der Waals surface area contributed by atoms with E-state index in [9.17, 15) is 9.90 Å². The first-order valence-corrected chi connectivity index (χ1v) is 15.0. The van der Waals surface area contributed by atoms with Crippen molar-refractivity contribution in [2.24, 2.45) is 4.99 Å². The molecule has 42 heavy (non-hydrogen) atoms. The fraction of sp³-hybridized carbons (Fsp3) is 0.548. The molecule has 0 aromatic heterocycles. The van der Waals surface area contributed by atoms with Crippen LogP contribution in [0.15, 0.2) is 53.5 Å². The van der Waals surface area contributed by atoms with Crippen molar-refractivity contribution < 1.29 is 38.3 Å². The minimum atomic E-state index is -0.641. The number of carbonyl (C=O) groups is 1. The van der Waals surface area contributed by atoms with Gasteiger partial charge in [-0.15, -0.1) is 0 Å². The van der Waals surface area contributed by atoms with E-state index in [2.05, 4.69) is 0 Å². The number of amidine groups is 1. The molecule has 5 atom stereocenters. The maximum absolute atomic E-state index is 12.8. The summed E-state index contributed by atoms with van der Waals surface area (Å²) >= 11 is 1.37. The molecule has 0 bridgehead atoms. The molecule has 10 nitrogen and oxygen atoms in total. The summed E-state index contributed by atoms with van der Waals surface area (Å²) < 4.78 is 35.8. The lowest BCUT2D eigenvalue weighted by molar-refractivity contribution is -0.199. The molecule has 0 spiro atoms. The molecule has 1 saturated heterocycles. The van der Waals surface area contributed by atoms with E-state index in [4.69, 9.17) is 33.4 Å². The van der Waals surface area contributed by atoms with E-state index in [-0.39, 0.29) is 12.7 Å². The van der Waals surface area contributed by atoms with E-state index in [1.54, 1.807) is 21.3 Å². The van der Waals surface area contributed by atoms with Crippen LogP contribution >= 0.6 is 11.8 Å². The number of rotatable bonds is 11. The number of amides is 1. The summed E-state index contributed by atoms with van der Waals surface area (Å²) in [4.78, 5) is 19.2. The number of aliphatic hydroxyl groups is 1. The lowest BCUT2D eigenvalue weighted by Gasteiger charge is -2.43. The van der Waals surface area contributed by atoms with E-state index < -0.39 is 35.4 Å². The summed E-state index contributed by atoms with van der Waals surface area (Å²) in [7, 11) is 4.91. The van der Waals surface area contributed by atoms with Gasteiger partial charge in [0.1, 0.15) is 40.8 Å². The summed E-state index contributed by atoms with van der Waals surface area (Å²) in [6.45, 7) is 6.16. The molecular weight excluding hydrogens is 560 g/mol. The van der Waals surface area contributed by atoms with Gasteiger partial charge in [0, 0.05) is 13.7 Å². The quantitative estimate of drug-likeness (QED) is 0.380. The average molecular weight is 603 g/mol. The number of carbonyl (C=O) groups excluding carboxylic acids is 1. The van der Waals surface area contributed by atoms with Crippen LogP contribution in [0.3, 0.4) is 0 Å². The third-order valence-electron chi connectivity index (χ3n) is 6.90. The number of hydrogen-bond donors (Lipinski definition) is 1. The highest BCUT2D eigenvalue weighted by Crippen LogP contribution is 2.41. The Hall–Kier alpha value is -2.83. The maximum atomic E-state index is 12.8. The van der Waals surface area contributed by atoms with Gasteiger partial charge in [0.25, 0.3) is 0 Å². The van der Waals surface area contributed by atoms with Gasteiger partial charge in [-0.25, -0.2) is 4.79 Å². The molecular formula is C31H42N2O8S. The predicted octanol–water partition coefficient (Wildman–Crippen LogP) is 5.01. The van der Waals surface area contributed by atoms with Crippen LogP contribution in [0.25, 0.3) is 0 Å². The molecule has 1 fully saturated rings. The molecule has 2 aliphatic heterocycles. The van der Waals surface area contributed by atoms with E-state index in [0.29, 0.717) is 31.2 Å².